The van der Waals surface area contributed by atoms with Gasteiger partial charge in [-0.05, 0) is 19.1 Å². The molecule has 2 rings (SSSR count). The second-order valence-electron chi connectivity index (χ2n) is 4.54. The molecule has 4 nitrogen and oxygen atoms in total. The Hall–Kier alpha value is -1.63. The molecule has 0 aliphatic carbocycles. The summed E-state index contributed by atoms with van der Waals surface area (Å²) in [4.78, 5) is 17.0. The number of pyridine rings is 1. The van der Waals surface area contributed by atoms with Gasteiger partial charge in [-0.1, -0.05) is 0 Å². The molecule has 1 aromatic rings. The van der Waals surface area contributed by atoms with Crippen molar-refractivity contribution in [3.63, 3.8) is 0 Å². The number of aromatic nitrogens is 1. The van der Waals surface area contributed by atoms with Crippen molar-refractivity contribution >= 4 is 5.91 Å². The minimum atomic E-state index is -4.48. The highest BCUT2D eigenvalue weighted by atomic mass is 19.4. The van der Waals surface area contributed by atoms with Crippen LogP contribution in [0.1, 0.15) is 23.0 Å². The molecule has 0 saturated carbocycles. The Morgan fingerprint density at radius 2 is 2.21 bits per heavy atom. The third-order valence-corrected chi connectivity index (χ3v) is 2.96. The van der Waals surface area contributed by atoms with Crippen molar-refractivity contribution in [2.24, 2.45) is 0 Å². The summed E-state index contributed by atoms with van der Waals surface area (Å²) in [5.41, 5.74) is -0.806. The SMILES string of the molecule is C[C@H]1CN(C(=O)c2ccc(C(F)(F)F)nc2)CCN1. The van der Waals surface area contributed by atoms with Gasteiger partial charge in [-0.3, -0.25) is 9.78 Å². The van der Waals surface area contributed by atoms with Crippen molar-refractivity contribution in [2.75, 3.05) is 19.6 Å². The summed E-state index contributed by atoms with van der Waals surface area (Å²) in [5.74, 6) is -0.283. The summed E-state index contributed by atoms with van der Waals surface area (Å²) in [6, 6.07) is 2.18. The quantitative estimate of drug-likeness (QED) is 0.844. The Kier molecular flexibility index (Phi) is 3.75. The molecule has 104 valence electrons. The minimum absolute atomic E-state index is 0.181. The Morgan fingerprint density at radius 3 is 2.74 bits per heavy atom. The topological polar surface area (TPSA) is 45.2 Å². The first-order chi connectivity index (χ1) is 8.88. The second-order valence-corrected chi connectivity index (χ2v) is 4.54. The Balaban J connectivity index is 2.11. The van der Waals surface area contributed by atoms with Crippen LogP contribution >= 0.6 is 0 Å². The smallest absolute Gasteiger partial charge is 0.336 e. The predicted molar refractivity (Wildman–Crippen MR) is 62.6 cm³/mol. The lowest BCUT2D eigenvalue weighted by Crippen LogP contribution is -2.51. The summed E-state index contributed by atoms with van der Waals surface area (Å²) in [6.07, 6.45) is -3.50. The molecule has 2 heterocycles. The molecule has 1 amide bonds. The van der Waals surface area contributed by atoms with Gasteiger partial charge in [0.05, 0.1) is 5.56 Å². The molecule has 7 heteroatoms. The highest BCUT2D eigenvalue weighted by Gasteiger charge is 2.32. The predicted octanol–water partition coefficient (Wildman–Crippen LogP) is 1.53. The molecule has 1 aliphatic heterocycles. The van der Waals surface area contributed by atoms with E-state index in [9.17, 15) is 18.0 Å². The first-order valence-electron chi connectivity index (χ1n) is 5.94. The lowest BCUT2D eigenvalue weighted by Gasteiger charge is -2.31. The number of halogens is 3. The molecular weight excluding hydrogens is 259 g/mol. The number of carbonyl (C=O) groups excluding carboxylic acids is 1. The van der Waals surface area contributed by atoms with Crippen LogP contribution in [0.15, 0.2) is 18.3 Å². The minimum Gasteiger partial charge on any atom is -0.336 e. The molecule has 1 aromatic heterocycles. The monoisotopic (exact) mass is 273 g/mol. The molecule has 1 fully saturated rings. The van der Waals surface area contributed by atoms with Gasteiger partial charge in [0.1, 0.15) is 5.69 Å². The van der Waals surface area contributed by atoms with Gasteiger partial charge in [-0.25, -0.2) is 0 Å². The largest absolute Gasteiger partial charge is 0.433 e. The molecule has 0 aromatic carbocycles. The number of amides is 1. The number of hydrogen-bond donors (Lipinski definition) is 1. The maximum atomic E-state index is 12.4. The van der Waals surface area contributed by atoms with Crippen LogP contribution in [-0.2, 0) is 6.18 Å². The highest BCUT2D eigenvalue weighted by Crippen LogP contribution is 2.27. The third kappa shape index (κ3) is 3.23. The molecule has 0 bridgehead atoms. The van der Waals surface area contributed by atoms with Crippen LogP contribution in [-0.4, -0.2) is 41.5 Å². The standard InChI is InChI=1S/C12H14F3N3O/c1-8-7-18(5-4-16-8)11(19)9-2-3-10(17-6-9)12(13,14)15/h2-3,6,8,16H,4-5,7H2,1H3/t8-/m0/s1. The van der Waals surface area contributed by atoms with Crippen LogP contribution < -0.4 is 5.32 Å². The van der Waals surface area contributed by atoms with Crippen LogP contribution in [0.2, 0.25) is 0 Å². The lowest BCUT2D eigenvalue weighted by atomic mass is 10.2. The van der Waals surface area contributed by atoms with Crippen molar-refractivity contribution in [2.45, 2.75) is 19.1 Å². The Morgan fingerprint density at radius 1 is 1.47 bits per heavy atom. The van der Waals surface area contributed by atoms with E-state index in [1.165, 1.54) is 6.07 Å². The van der Waals surface area contributed by atoms with Crippen molar-refractivity contribution in [1.82, 2.24) is 15.2 Å². The van der Waals surface area contributed by atoms with E-state index in [1.54, 1.807) is 4.90 Å². The van der Waals surface area contributed by atoms with Crippen molar-refractivity contribution in [3.8, 4) is 0 Å². The van der Waals surface area contributed by atoms with E-state index in [0.717, 1.165) is 12.3 Å². The summed E-state index contributed by atoms with van der Waals surface area (Å²) in [6.45, 7) is 3.72. The molecule has 0 radical (unpaired) electrons. The van der Waals surface area contributed by atoms with Gasteiger partial charge in [-0.2, -0.15) is 13.2 Å². The Bertz CT molecular complexity index is 458. The van der Waals surface area contributed by atoms with E-state index in [1.807, 2.05) is 6.92 Å². The summed E-state index contributed by atoms with van der Waals surface area (Å²) < 4.78 is 37.1. The van der Waals surface area contributed by atoms with E-state index >= 15 is 0 Å². The maximum absolute atomic E-state index is 12.4. The van der Waals surface area contributed by atoms with Crippen molar-refractivity contribution in [1.29, 1.82) is 0 Å². The fourth-order valence-electron chi connectivity index (χ4n) is 1.99. The molecule has 1 saturated heterocycles. The lowest BCUT2D eigenvalue weighted by molar-refractivity contribution is -0.141. The number of hydrogen-bond acceptors (Lipinski definition) is 3. The van der Waals surface area contributed by atoms with Gasteiger partial charge in [-0.15, -0.1) is 0 Å². The molecule has 0 spiro atoms. The van der Waals surface area contributed by atoms with Gasteiger partial charge in [0.15, 0.2) is 0 Å². The molecule has 1 atom stereocenters. The van der Waals surface area contributed by atoms with Crippen LogP contribution in [0.4, 0.5) is 13.2 Å². The van der Waals surface area contributed by atoms with Gasteiger partial charge in [0, 0.05) is 31.9 Å². The van der Waals surface area contributed by atoms with E-state index in [0.29, 0.717) is 19.6 Å². The first kappa shape index (κ1) is 13.8. The van der Waals surface area contributed by atoms with Crippen LogP contribution in [0.3, 0.4) is 0 Å². The average Bonchev–Trinajstić information content (AvgIpc) is 2.37. The van der Waals surface area contributed by atoms with Gasteiger partial charge in [0.2, 0.25) is 0 Å². The number of alkyl halides is 3. The maximum Gasteiger partial charge on any atom is 0.433 e. The summed E-state index contributed by atoms with van der Waals surface area (Å²) in [5, 5.41) is 3.19. The Labute approximate surface area is 108 Å². The first-order valence-corrected chi connectivity index (χ1v) is 5.94. The average molecular weight is 273 g/mol. The van der Waals surface area contributed by atoms with Crippen LogP contribution in [0, 0.1) is 0 Å². The fourth-order valence-corrected chi connectivity index (χ4v) is 1.99. The van der Waals surface area contributed by atoms with Crippen LogP contribution in [0.5, 0.6) is 0 Å². The normalized spacial score (nSPS) is 20.4. The van der Waals surface area contributed by atoms with Crippen LogP contribution in [0.25, 0.3) is 0 Å². The zero-order valence-electron chi connectivity index (χ0n) is 10.4. The van der Waals surface area contributed by atoms with Gasteiger partial charge < -0.3 is 10.2 Å². The number of carbonyl (C=O) groups is 1. The highest BCUT2D eigenvalue weighted by molar-refractivity contribution is 5.94. The molecule has 1 N–H and O–H groups in total. The fraction of sp³-hybridized carbons (Fsp3) is 0.500. The van der Waals surface area contributed by atoms with E-state index < -0.39 is 11.9 Å². The zero-order valence-corrected chi connectivity index (χ0v) is 10.4. The molecule has 1 aliphatic rings. The molecule has 0 unspecified atom stereocenters. The second kappa shape index (κ2) is 5.16. The zero-order chi connectivity index (χ0) is 14.0. The third-order valence-electron chi connectivity index (χ3n) is 2.96. The number of nitrogens with one attached hydrogen (secondary N) is 1. The number of nitrogens with zero attached hydrogens (tertiary/aromatic N) is 2. The van der Waals surface area contributed by atoms with E-state index in [-0.39, 0.29) is 17.5 Å². The summed E-state index contributed by atoms with van der Waals surface area (Å²) in [7, 11) is 0. The van der Waals surface area contributed by atoms with Crippen molar-refractivity contribution < 1.29 is 18.0 Å². The number of rotatable bonds is 1. The van der Waals surface area contributed by atoms with E-state index in [4.69, 9.17) is 0 Å². The van der Waals surface area contributed by atoms with Gasteiger partial charge in [0.25, 0.3) is 5.91 Å². The van der Waals surface area contributed by atoms with Gasteiger partial charge >= 0.3 is 6.18 Å². The summed E-state index contributed by atoms with van der Waals surface area (Å²) >= 11 is 0. The number of piperazine rings is 1. The van der Waals surface area contributed by atoms with E-state index in [2.05, 4.69) is 10.3 Å². The van der Waals surface area contributed by atoms with Crippen molar-refractivity contribution in [3.05, 3.63) is 29.6 Å². The molecule has 19 heavy (non-hydrogen) atoms. The molecular formula is C12H14F3N3O.